The first-order valence-electron chi connectivity index (χ1n) is 9.46. The zero-order valence-corrected chi connectivity index (χ0v) is 14.9. The molecule has 0 aromatic heterocycles. The maximum Gasteiger partial charge on any atom is 0.193 e. The Bertz CT molecular complexity index is 526. The largest absolute Gasteiger partial charge is 0.289 e. The lowest BCUT2D eigenvalue weighted by Gasteiger charge is -2.20. The third-order valence-corrected chi connectivity index (χ3v) is 4.76. The Labute approximate surface area is 147 Å². The maximum atomic E-state index is 11.8. The molecule has 0 bridgehead atoms. The molecule has 1 heteroatoms. The molecule has 24 heavy (non-hydrogen) atoms. The van der Waals surface area contributed by atoms with Crippen LogP contribution in [0.5, 0.6) is 0 Å². The summed E-state index contributed by atoms with van der Waals surface area (Å²) in [7, 11) is 0. The van der Waals surface area contributed by atoms with Gasteiger partial charge in [0.25, 0.3) is 0 Å². The van der Waals surface area contributed by atoms with Gasteiger partial charge in [-0.25, -0.2) is 0 Å². The predicted octanol–water partition coefficient (Wildman–Crippen LogP) is 6.67. The highest BCUT2D eigenvalue weighted by molar-refractivity contribution is 6.08. The molecule has 1 nitrogen and oxygen atoms in total. The zero-order chi connectivity index (χ0) is 17.0. The number of benzene rings is 2. The van der Waals surface area contributed by atoms with Crippen molar-refractivity contribution in [1.82, 2.24) is 0 Å². The van der Waals surface area contributed by atoms with Gasteiger partial charge in [-0.05, 0) is 5.92 Å². The summed E-state index contributed by atoms with van der Waals surface area (Å²) in [5.74, 6) is 1.18. The summed E-state index contributed by atoms with van der Waals surface area (Å²) in [4.78, 5) is 11.8. The van der Waals surface area contributed by atoms with Crippen LogP contribution in [0.3, 0.4) is 0 Å². The quantitative estimate of drug-likeness (QED) is 0.561. The van der Waals surface area contributed by atoms with E-state index >= 15 is 0 Å². The molecule has 3 rings (SSSR count). The third kappa shape index (κ3) is 6.31. The Kier molecular flexibility index (Phi) is 8.31. The van der Waals surface area contributed by atoms with Crippen LogP contribution in [0.4, 0.5) is 0 Å². The fraction of sp³-hybridized carbons (Fsp3) is 0.435. The molecule has 0 N–H and O–H groups in total. The summed E-state index contributed by atoms with van der Waals surface area (Å²) in [6.45, 7) is 2.29. The molecule has 1 fully saturated rings. The van der Waals surface area contributed by atoms with Gasteiger partial charge in [0.15, 0.2) is 5.78 Å². The topological polar surface area (TPSA) is 17.1 Å². The Morgan fingerprint density at radius 3 is 1.79 bits per heavy atom. The second kappa shape index (κ2) is 10.8. The van der Waals surface area contributed by atoms with E-state index in [4.69, 9.17) is 0 Å². The molecule has 0 spiro atoms. The molecule has 0 unspecified atom stereocenters. The first kappa shape index (κ1) is 18.4. The highest BCUT2D eigenvalue weighted by atomic mass is 16.1. The van der Waals surface area contributed by atoms with Crippen LogP contribution in [0.15, 0.2) is 60.7 Å². The number of carbonyl (C=O) groups excluding carboxylic acids is 1. The van der Waals surface area contributed by atoms with Crippen LogP contribution in [-0.4, -0.2) is 5.78 Å². The van der Waals surface area contributed by atoms with Crippen LogP contribution in [-0.2, 0) is 0 Å². The Morgan fingerprint density at radius 2 is 1.33 bits per heavy atom. The average molecular weight is 322 g/mol. The van der Waals surface area contributed by atoms with Crippen molar-refractivity contribution in [3.05, 3.63) is 71.8 Å². The Balaban J connectivity index is 0.000000185. The minimum absolute atomic E-state index is 0.0752. The molecule has 1 saturated carbocycles. The van der Waals surface area contributed by atoms with Crippen molar-refractivity contribution in [3.63, 3.8) is 0 Å². The van der Waals surface area contributed by atoms with Gasteiger partial charge in [0.1, 0.15) is 0 Å². The minimum atomic E-state index is 0.0752. The summed E-state index contributed by atoms with van der Waals surface area (Å²) >= 11 is 0. The summed E-state index contributed by atoms with van der Waals surface area (Å²) in [6, 6.07) is 18.6. The van der Waals surface area contributed by atoms with E-state index in [1.54, 1.807) is 0 Å². The molecule has 2 aromatic rings. The molecule has 0 aliphatic heterocycles. The van der Waals surface area contributed by atoms with Crippen LogP contribution < -0.4 is 0 Å². The van der Waals surface area contributed by atoms with Crippen molar-refractivity contribution in [2.45, 2.75) is 58.3 Å². The predicted molar refractivity (Wildman–Crippen MR) is 102 cm³/mol. The molecule has 2 aromatic carbocycles. The minimum Gasteiger partial charge on any atom is -0.289 e. The van der Waals surface area contributed by atoms with Gasteiger partial charge >= 0.3 is 0 Å². The fourth-order valence-electron chi connectivity index (χ4n) is 3.31. The Hall–Kier alpha value is -1.89. The summed E-state index contributed by atoms with van der Waals surface area (Å²) < 4.78 is 0. The molecule has 0 amide bonds. The lowest BCUT2D eigenvalue weighted by Crippen LogP contribution is -2.05. The number of rotatable bonds is 5. The third-order valence-electron chi connectivity index (χ3n) is 4.76. The van der Waals surface area contributed by atoms with Gasteiger partial charge in [0, 0.05) is 11.1 Å². The highest BCUT2D eigenvalue weighted by Crippen LogP contribution is 2.27. The van der Waals surface area contributed by atoms with Gasteiger partial charge in [-0.15, -0.1) is 0 Å². The van der Waals surface area contributed by atoms with Crippen molar-refractivity contribution in [2.75, 3.05) is 0 Å². The average Bonchev–Trinajstić information content (AvgIpc) is 2.68. The van der Waals surface area contributed by atoms with E-state index in [9.17, 15) is 4.79 Å². The standard InChI is InChI=1S/C13H10O.C10H20/c14-13(11-7-3-1-4-8-11)12-9-5-2-6-10-12;1-2-3-7-10-8-5-4-6-9-10/h1-10H;10H,2-9H2,1H3. The summed E-state index contributed by atoms with van der Waals surface area (Å²) in [6.07, 6.45) is 11.9. The van der Waals surface area contributed by atoms with E-state index < -0.39 is 0 Å². The van der Waals surface area contributed by atoms with E-state index in [1.807, 2.05) is 60.7 Å². The second-order valence-electron chi connectivity index (χ2n) is 6.71. The molecule has 0 heterocycles. The molecule has 1 aliphatic carbocycles. The monoisotopic (exact) mass is 322 g/mol. The van der Waals surface area contributed by atoms with E-state index in [0.29, 0.717) is 0 Å². The van der Waals surface area contributed by atoms with Gasteiger partial charge in [-0.2, -0.15) is 0 Å². The molecular weight excluding hydrogens is 292 g/mol. The number of ketones is 1. The van der Waals surface area contributed by atoms with E-state index in [2.05, 4.69) is 6.92 Å². The maximum absolute atomic E-state index is 11.8. The van der Waals surface area contributed by atoms with Crippen LogP contribution in [0, 0.1) is 5.92 Å². The van der Waals surface area contributed by atoms with Crippen LogP contribution in [0.25, 0.3) is 0 Å². The van der Waals surface area contributed by atoms with Crippen molar-refractivity contribution >= 4 is 5.78 Å². The number of hydrogen-bond acceptors (Lipinski definition) is 1. The zero-order valence-electron chi connectivity index (χ0n) is 14.9. The van der Waals surface area contributed by atoms with Crippen molar-refractivity contribution < 1.29 is 4.79 Å². The smallest absolute Gasteiger partial charge is 0.193 e. The Morgan fingerprint density at radius 1 is 0.833 bits per heavy atom. The van der Waals surface area contributed by atoms with E-state index in [0.717, 1.165) is 17.0 Å². The van der Waals surface area contributed by atoms with Crippen molar-refractivity contribution in [2.24, 2.45) is 5.92 Å². The molecule has 128 valence electrons. The van der Waals surface area contributed by atoms with Gasteiger partial charge in [-0.1, -0.05) is 119 Å². The second-order valence-corrected chi connectivity index (χ2v) is 6.71. The van der Waals surface area contributed by atoms with E-state index in [1.165, 1.54) is 51.4 Å². The summed E-state index contributed by atoms with van der Waals surface area (Å²) in [5, 5.41) is 0. The lowest BCUT2D eigenvalue weighted by molar-refractivity contribution is 0.103. The van der Waals surface area contributed by atoms with Gasteiger partial charge in [-0.3, -0.25) is 4.79 Å². The molecule has 1 aliphatic rings. The number of carbonyl (C=O) groups is 1. The molecule has 0 radical (unpaired) electrons. The van der Waals surface area contributed by atoms with Crippen molar-refractivity contribution in [3.8, 4) is 0 Å². The van der Waals surface area contributed by atoms with Crippen LogP contribution in [0.2, 0.25) is 0 Å². The molecule has 0 atom stereocenters. The number of hydrogen-bond donors (Lipinski definition) is 0. The summed E-state index contributed by atoms with van der Waals surface area (Å²) in [5.41, 5.74) is 1.47. The van der Waals surface area contributed by atoms with E-state index in [-0.39, 0.29) is 5.78 Å². The normalized spacial score (nSPS) is 14.5. The molecule has 0 saturated heterocycles. The van der Waals surface area contributed by atoms with Crippen LogP contribution in [0.1, 0.15) is 74.2 Å². The number of unbranched alkanes of at least 4 members (excludes halogenated alkanes) is 1. The first-order chi connectivity index (χ1) is 11.8. The van der Waals surface area contributed by atoms with Gasteiger partial charge < -0.3 is 0 Å². The van der Waals surface area contributed by atoms with Crippen LogP contribution >= 0.6 is 0 Å². The van der Waals surface area contributed by atoms with Gasteiger partial charge in [0.05, 0.1) is 0 Å². The highest BCUT2D eigenvalue weighted by Gasteiger charge is 2.11. The first-order valence-corrected chi connectivity index (χ1v) is 9.46. The fourth-order valence-corrected chi connectivity index (χ4v) is 3.31. The van der Waals surface area contributed by atoms with Gasteiger partial charge in [0.2, 0.25) is 0 Å². The molecular formula is C23H30O. The van der Waals surface area contributed by atoms with Crippen molar-refractivity contribution in [1.29, 1.82) is 0 Å². The lowest BCUT2D eigenvalue weighted by atomic mass is 9.86. The SMILES string of the molecule is CCCCC1CCCCC1.O=C(c1ccccc1)c1ccccc1.